The van der Waals surface area contributed by atoms with Crippen molar-refractivity contribution < 1.29 is 19.1 Å². The van der Waals surface area contributed by atoms with Crippen molar-refractivity contribution in [3.8, 4) is 11.5 Å². The van der Waals surface area contributed by atoms with Crippen molar-refractivity contribution in [1.29, 1.82) is 0 Å². The number of nitrogens with zero attached hydrogens (tertiary/aromatic N) is 2. The normalized spacial score (nSPS) is 15.8. The van der Waals surface area contributed by atoms with E-state index in [2.05, 4.69) is 25.3 Å². The maximum Gasteiger partial charge on any atom is 0.242 e. The van der Waals surface area contributed by atoms with E-state index >= 15 is 0 Å². The number of carbonyl (C=O) groups excluding carboxylic acids is 2. The number of benzene rings is 1. The molecule has 1 aromatic carbocycles. The third-order valence-corrected chi connectivity index (χ3v) is 7.64. The van der Waals surface area contributed by atoms with E-state index in [9.17, 15) is 9.59 Å². The molecule has 0 unspecified atom stereocenters. The van der Waals surface area contributed by atoms with Crippen molar-refractivity contribution in [1.82, 2.24) is 9.80 Å². The third kappa shape index (κ3) is 4.93. The van der Waals surface area contributed by atoms with Gasteiger partial charge in [-0.1, -0.05) is 19.4 Å². The number of thiophene rings is 1. The summed E-state index contributed by atoms with van der Waals surface area (Å²) in [4.78, 5) is 31.5. The van der Waals surface area contributed by atoms with E-state index in [-0.39, 0.29) is 37.1 Å². The summed E-state index contributed by atoms with van der Waals surface area (Å²) in [6.07, 6.45) is 3.81. The maximum atomic E-state index is 13.6. The van der Waals surface area contributed by atoms with Crippen LogP contribution < -0.4 is 9.47 Å². The number of hydrogen-bond acceptors (Lipinski definition) is 5. The fourth-order valence-corrected chi connectivity index (χ4v) is 4.96. The van der Waals surface area contributed by atoms with E-state index < -0.39 is 0 Å². The van der Waals surface area contributed by atoms with Crippen LogP contribution in [0.5, 0.6) is 11.5 Å². The highest BCUT2D eigenvalue weighted by molar-refractivity contribution is 7.10. The van der Waals surface area contributed by atoms with Crippen LogP contribution in [0.4, 0.5) is 0 Å². The monoisotopic (exact) mass is 456 g/mol. The van der Waals surface area contributed by atoms with Gasteiger partial charge in [0.1, 0.15) is 6.54 Å². The van der Waals surface area contributed by atoms with E-state index in [0.29, 0.717) is 18.8 Å². The first-order valence-electron chi connectivity index (χ1n) is 11.5. The summed E-state index contributed by atoms with van der Waals surface area (Å²) >= 11 is 1.66. The summed E-state index contributed by atoms with van der Waals surface area (Å²) in [5, 5.41) is 2.06. The molecule has 1 atom stereocenters. The molecule has 0 bridgehead atoms. The maximum absolute atomic E-state index is 13.6. The second-order valence-corrected chi connectivity index (χ2v) is 9.82. The molecule has 0 radical (unpaired) electrons. The summed E-state index contributed by atoms with van der Waals surface area (Å²) in [5.74, 6) is 1.63. The van der Waals surface area contributed by atoms with E-state index in [4.69, 9.17) is 9.47 Å². The Morgan fingerprint density at radius 2 is 1.94 bits per heavy atom. The highest BCUT2D eigenvalue weighted by atomic mass is 32.1. The number of fused-ring (bicyclic) bond motifs is 1. The number of amides is 2. The molecule has 0 saturated heterocycles. The standard InChI is InChI=1S/C25H32N2O4S/c1-4-18(3)27(25(29)20-6-5-7-20)15-24(28)26(14-23-17(2)10-11-32-23)13-19-8-9-21-22(12-19)31-16-30-21/h8-12,18,20H,4-7,13-16H2,1-3H3/t18-/m0/s1. The van der Waals surface area contributed by atoms with Crippen LogP contribution in [0.15, 0.2) is 29.6 Å². The van der Waals surface area contributed by atoms with Crippen molar-refractivity contribution >= 4 is 23.2 Å². The van der Waals surface area contributed by atoms with E-state index in [1.54, 1.807) is 16.2 Å². The van der Waals surface area contributed by atoms with Crippen LogP contribution in [0.1, 0.15) is 55.5 Å². The van der Waals surface area contributed by atoms with Crippen molar-refractivity contribution in [2.75, 3.05) is 13.3 Å². The van der Waals surface area contributed by atoms with E-state index in [1.165, 1.54) is 10.4 Å². The summed E-state index contributed by atoms with van der Waals surface area (Å²) < 4.78 is 10.9. The zero-order chi connectivity index (χ0) is 22.7. The molecule has 172 valence electrons. The van der Waals surface area contributed by atoms with Crippen molar-refractivity contribution in [2.45, 2.75) is 65.6 Å². The van der Waals surface area contributed by atoms with Crippen LogP contribution in [-0.4, -0.2) is 41.0 Å². The smallest absolute Gasteiger partial charge is 0.242 e. The minimum atomic E-state index is -0.0246. The Labute approximate surface area is 194 Å². The summed E-state index contributed by atoms with van der Waals surface area (Å²) in [5.41, 5.74) is 2.17. The molecule has 1 aromatic heterocycles. The van der Waals surface area contributed by atoms with Gasteiger partial charge in [0.2, 0.25) is 18.6 Å². The topological polar surface area (TPSA) is 59.1 Å². The Morgan fingerprint density at radius 3 is 2.59 bits per heavy atom. The van der Waals surface area contributed by atoms with Crippen LogP contribution in [0.2, 0.25) is 0 Å². The first kappa shape index (κ1) is 22.6. The van der Waals surface area contributed by atoms with Gasteiger partial charge in [0.15, 0.2) is 11.5 Å². The third-order valence-electron chi connectivity index (χ3n) is 6.63. The number of hydrogen-bond donors (Lipinski definition) is 0. The van der Waals surface area contributed by atoms with Crippen LogP contribution in [0.25, 0.3) is 0 Å². The predicted molar refractivity (Wildman–Crippen MR) is 125 cm³/mol. The minimum absolute atomic E-state index is 0.0246. The largest absolute Gasteiger partial charge is 0.454 e. The molecule has 2 heterocycles. The number of ether oxygens (including phenoxy) is 2. The molecule has 1 aliphatic carbocycles. The second kappa shape index (κ2) is 9.94. The lowest BCUT2D eigenvalue weighted by atomic mass is 9.84. The first-order chi connectivity index (χ1) is 15.5. The number of aryl methyl sites for hydroxylation is 1. The van der Waals surface area contributed by atoms with Crippen LogP contribution in [0.3, 0.4) is 0 Å². The average molecular weight is 457 g/mol. The number of carbonyl (C=O) groups is 2. The molecular formula is C25H32N2O4S. The Morgan fingerprint density at radius 1 is 1.16 bits per heavy atom. The van der Waals surface area contributed by atoms with Gasteiger partial charge in [-0.3, -0.25) is 9.59 Å². The molecule has 32 heavy (non-hydrogen) atoms. The first-order valence-corrected chi connectivity index (χ1v) is 12.3. The summed E-state index contributed by atoms with van der Waals surface area (Å²) in [6.45, 7) is 7.51. The quantitative estimate of drug-likeness (QED) is 0.547. The van der Waals surface area contributed by atoms with Gasteiger partial charge in [-0.15, -0.1) is 11.3 Å². The Kier molecular flexibility index (Phi) is 7.04. The molecule has 2 aromatic rings. The van der Waals surface area contributed by atoms with Gasteiger partial charge in [-0.2, -0.15) is 0 Å². The molecule has 0 N–H and O–H groups in total. The average Bonchev–Trinajstić information content (AvgIpc) is 3.37. The molecule has 1 aliphatic heterocycles. The molecule has 6 nitrogen and oxygen atoms in total. The molecule has 0 spiro atoms. The summed E-state index contributed by atoms with van der Waals surface area (Å²) in [7, 11) is 0. The zero-order valence-corrected chi connectivity index (χ0v) is 20.0. The Hall–Kier alpha value is -2.54. The number of rotatable bonds is 9. The highest BCUT2D eigenvalue weighted by Crippen LogP contribution is 2.33. The molecule has 2 aliphatic rings. The Bertz CT molecular complexity index is 969. The molecule has 2 amide bonds. The molecule has 1 saturated carbocycles. The van der Waals surface area contributed by atoms with Crippen LogP contribution >= 0.6 is 11.3 Å². The van der Waals surface area contributed by atoms with Gasteiger partial charge in [-0.25, -0.2) is 0 Å². The highest BCUT2D eigenvalue weighted by Gasteiger charge is 2.33. The van der Waals surface area contributed by atoms with Gasteiger partial charge in [0.25, 0.3) is 0 Å². The SMILES string of the molecule is CC[C@H](C)N(CC(=O)N(Cc1ccc2c(c1)OCO2)Cc1sccc1C)C(=O)C1CCC1. The Balaban J connectivity index is 1.54. The second-order valence-electron chi connectivity index (χ2n) is 8.82. The van der Waals surface area contributed by atoms with Gasteiger partial charge in [0, 0.05) is 23.4 Å². The predicted octanol–water partition coefficient (Wildman–Crippen LogP) is 4.74. The van der Waals surface area contributed by atoms with Gasteiger partial charge < -0.3 is 19.3 Å². The minimum Gasteiger partial charge on any atom is -0.454 e. The fourth-order valence-electron chi connectivity index (χ4n) is 4.04. The van der Waals surface area contributed by atoms with Crippen LogP contribution in [-0.2, 0) is 22.7 Å². The lowest BCUT2D eigenvalue weighted by Gasteiger charge is -2.36. The molecule has 4 rings (SSSR count). The van der Waals surface area contributed by atoms with Crippen molar-refractivity contribution in [3.05, 3.63) is 45.6 Å². The molecule has 1 fully saturated rings. The molecule has 7 heteroatoms. The summed E-state index contributed by atoms with van der Waals surface area (Å²) in [6, 6.07) is 7.93. The van der Waals surface area contributed by atoms with E-state index in [0.717, 1.165) is 37.0 Å². The van der Waals surface area contributed by atoms with Crippen molar-refractivity contribution in [2.24, 2.45) is 5.92 Å². The van der Waals surface area contributed by atoms with E-state index in [1.807, 2.05) is 30.0 Å². The van der Waals surface area contributed by atoms with Gasteiger partial charge in [0.05, 0.1) is 6.54 Å². The molecular weight excluding hydrogens is 424 g/mol. The van der Waals surface area contributed by atoms with Crippen molar-refractivity contribution in [3.63, 3.8) is 0 Å². The lowest BCUT2D eigenvalue weighted by molar-refractivity contribution is -0.147. The fraction of sp³-hybridized carbons (Fsp3) is 0.520. The van der Waals surface area contributed by atoms with Gasteiger partial charge in [-0.05, 0) is 67.8 Å². The zero-order valence-electron chi connectivity index (χ0n) is 19.1. The van der Waals surface area contributed by atoms with Crippen LogP contribution in [0, 0.1) is 12.8 Å². The lowest BCUT2D eigenvalue weighted by Crippen LogP contribution is -2.49. The van der Waals surface area contributed by atoms with Gasteiger partial charge >= 0.3 is 0 Å².